The fourth-order valence-electron chi connectivity index (χ4n) is 4.93. The number of hydrogen-bond acceptors (Lipinski definition) is 3. The van der Waals surface area contributed by atoms with Gasteiger partial charge in [-0.1, -0.05) is 113 Å². The van der Waals surface area contributed by atoms with Crippen LogP contribution in [0.25, 0.3) is 0 Å². The van der Waals surface area contributed by atoms with Gasteiger partial charge in [-0.15, -0.1) is 0 Å². The van der Waals surface area contributed by atoms with Crippen molar-refractivity contribution in [3.8, 4) is 5.75 Å². The van der Waals surface area contributed by atoms with Gasteiger partial charge in [0.15, 0.2) is 6.79 Å². The number of benzene rings is 4. The molecule has 0 aliphatic rings. The van der Waals surface area contributed by atoms with Crippen LogP contribution in [0.3, 0.4) is 0 Å². The molecule has 3 nitrogen and oxygen atoms in total. The Morgan fingerprint density at radius 3 is 1.89 bits per heavy atom. The number of nitrogens with zero attached hydrogens (tertiary/aromatic N) is 1. The first kappa shape index (κ1) is 27.9. The van der Waals surface area contributed by atoms with Crippen LogP contribution in [0.2, 0.25) is 0 Å². The minimum Gasteiger partial charge on any atom is -0.467 e. The summed E-state index contributed by atoms with van der Waals surface area (Å²) in [6.07, 6.45) is 1.00. The molecule has 0 heterocycles. The van der Waals surface area contributed by atoms with Crippen molar-refractivity contribution >= 4 is 19.6 Å². The molecule has 4 aromatic carbocycles. The van der Waals surface area contributed by atoms with Crippen molar-refractivity contribution in [3.05, 3.63) is 125 Å². The number of aryl methyl sites for hydroxylation is 2. The molecule has 0 aliphatic carbocycles. The predicted octanol–water partition coefficient (Wildman–Crippen LogP) is 8.12. The molecule has 4 rings (SSSR count). The van der Waals surface area contributed by atoms with E-state index >= 15 is 0 Å². The van der Waals surface area contributed by atoms with Crippen LogP contribution in [-0.2, 0) is 23.0 Å². The Kier molecular flexibility index (Phi) is 9.61. The molecule has 0 bridgehead atoms. The summed E-state index contributed by atoms with van der Waals surface area (Å²) in [6, 6.07) is 34.8. The van der Waals surface area contributed by atoms with E-state index in [1.807, 2.05) is 0 Å². The Morgan fingerprint density at radius 1 is 0.737 bits per heavy atom. The van der Waals surface area contributed by atoms with E-state index in [0.717, 1.165) is 30.8 Å². The zero-order chi connectivity index (χ0) is 27.0. The summed E-state index contributed by atoms with van der Waals surface area (Å²) < 4.78 is 11.4. The Hall–Kier alpha value is -3.13. The molecule has 2 unspecified atom stereocenters. The van der Waals surface area contributed by atoms with Gasteiger partial charge in [-0.05, 0) is 53.9 Å². The maximum absolute atomic E-state index is 6.14. The fourth-order valence-corrected chi connectivity index (χ4v) is 6.64. The molecule has 0 N–H and O–H groups in total. The van der Waals surface area contributed by atoms with Gasteiger partial charge in [-0.3, -0.25) is 0 Å². The highest BCUT2D eigenvalue weighted by Crippen LogP contribution is 2.49. The Morgan fingerprint density at radius 2 is 1.32 bits per heavy atom. The Balaban J connectivity index is 1.77. The molecular formula is C34H40NO2P. The number of ether oxygens (including phenoxy) is 2. The lowest BCUT2D eigenvalue weighted by atomic mass is 9.94. The Bertz CT molecular complexity index is 1270. The standard InChI is InChI=1S/C34H40NO2P/c1-6-34(4,30-21-13-15-26(2)32(30)37-25-36-5)38-33-27(3)16-14-22-31(33)35(23-28-17-9-7-10-18-28)24-29-19-11-8-12-20-29/h7-22,38H,6,23-25H2,1-5H3. The third kappa shape index (κ3) is 6.65. The molecule has 4 aromatic rings. The number of para-hydroxylation sites is 1. The van der Waals surface area contributed by atoms with Crippen molar-refractivity contribution in [2.45, 2.75) is 52.4 Å². The molecule has 2 atom stereocenters. The van der Waals surface area contributed by atoms with Crippen LogP contribution in [0.4, 0.5) is 5.69 Å². The van der Waals surface area contributed by atoms with Crippen LogP contribution in [0, 0.1) is 13.8 Å². The van der Waals surface area contributed by atoms with Gasteiger partial charge in [0.2, 0.25) is 0 Å². The van der Waals surface area contributed by atoms with Gasteiger partial charge in [0.1, 0.15) is 5.75 Å². The summed E-state index contributed by atoms with van der Waals surface area (Å²) in [7, 11) is 2.25. The van der Waals surface area contributed by atoms with Crippen LogP contribution in [-0.4, -0.2) is 13.9 Å². The predicted molar refractivity (Wildman–Crippen MR) is 163 cm³/mol. The van der Waals surface area contributed by atoms with E-state index in [4.69, 9.17) is 9.47 Å². The number of rotatable bonds is 12. The minimum absolute atomic E-state index is 0.0822. The molecule has 198 valence electrons. The van der Waals surface area contributed by atoms with Gasteiger partial charge in [-0.25, -0.2) is 0 Å². The molecular weight excluding hydrogens is 485 g/mol. The van der Waals surface area contributed by atoms with Crippen molar-refractivity contribution in [2.24, 2.45) is 0 Å². The quantitative estimate of drug-likeness (QED) is 0.138. The van der Waals surface area contributed by atoms with E-state index in [0.29, 0.717) is 8.58 Å². The molecule has 0 aromatic heterocycles. The van der Waals surface area contributed by atoms with Crippen LogP contribution < -0.4 is 14.9 Å². The second kappa shape index (κ2) is 13.1. The summed E-state index contributed by atoms with van der Waals surface area (Å²) in [5.74, 6) is 0.951. The number of hydrogen-bond donors (Lipinski definition) is 0. The van der Waals surface area contributed by atoms with Crippen LogP contribution in [0.5, 0.6) is 5.75 Å². The zero-order valence-corrected chi connectivity index (χ0v) is 24.3. The highest BCUT2D eigenvalue weighted by Gasteiger charge is 2.31. The maximum atomic E-state index is 6.14. The van der Waals surface area contributed by atoms with Crippen molar-refractivity contribution in [1.29, 1.82) is 0 Å². The van der Waals surface area contributed by atoms with Gasteiger partial charge in [0, 0.05) is 36.6 Å². The summed E-state index contributed by atoms with van der Waals surface area (Å²) >= 11 is 0. The summed E-state index contributed by atoms with van der Waals surface area (Å²) in [4.78, 5) is 2.54. The topological polar surface area (TPSA) is 21.7 Å². The first-order chi connectivity index (χ1) is 18.4. The van der Waals surface area contributed by atoms with Gasteiger partial charge >= 0.3 is 0 Å². The van der Waals surface area contributed by atoms with Crippen molar-refractivity contribution in [1.82, 2.24) is 0 Å². The monoisotopic (exact) mass is 525 g/mol. The van der Waals surface area contributed by atoms with Crippen LogP contribution in [0.15, 0.2) is 97.1 Å². The summed E-state index contributed by atoms with van der Waals surface area (Å²) in [6.45, 7) is 11.0. The SMILES string of the molecule is CCC(C)(Pc1c(C)cccc1N(Cc1ccccc1)Cc1ccccc1)c1cccc(C)c1OCOC. The van der Waals surface area contributed by atoms with Crippen LogP contribution in [0.1, 0.15) is 48.1 Å². The molecule has 4 heteroatoms. The second-order valence-electron chi connectivity index (χ2n) is 10.1. The minimum atomic E-state index is -0.0822. The molecule has 0 aliphatic heterocycles. The van der Waals surface area contributed by atoms with E-state index in [-0.39, 0.29) is 11.9 Å². The van der Waals surface area contributed by atoms with E-state index < -0.39 is 0 Å². The molecule has 0 saturated carbocycles. The third-order valence-electron chi connectivity index (χ3n) is 7.26. The molecule has 38 heavy (non-hydrogen) atoms. The fraction of sp³-hybridized carbons (Fsp3) is 0.294. The number of anilines is 1. The van der Waals surface area contributed by atoms with Gasteiger partial charge in [0.25, 0.3) is 0 Å². The lowest BCUT2D eigenvalue weighted by molar-refractivity contribution is 0.0495. The smallest absolute Gasteiger partial charge is 0.188 e. The summed E-state index contributed by atoms with van der Waals surface area (Å²) in [5, 5.41) is 1.34. The molecule has 0 amide bonds. The average Bonchev–Trinajstić information content (AvgIpc) is 2.94. The third-order valence-corrected chi connectivity index (χ3v) is 9.33. The van der Waals surface area contributed by atoms with Crippen molar-refractivity contribution in [2.75, 3.05) is 18.8 Å². The lowest BCUT2D eigenvalue weighted by Gasteiger charge is -2.35. The van der Waals surface area contributed by atoms with Gasteiger partial charge in [-0.2, -0.15) is 0 Å². The normalized spacial score (nSPS) is 13.0. The first-order valence-electron chi connectivity index (χ1n) is 13.4. The Labute approximate surface area is 230 Å². The second-order valence-corrected chi connectivity index (χ2v) is 12.0. The van der Waals surface area contributed by atoms with Gasteiger partial charge in [0.05, 0.1) is 0 Å². The van der Waals surface area contributed by atoms with Crippen molar-refractivity contribution in [3.63, 3.8) is 0 Å². The largest absolute Gasteiger partial charge is 0.467 e. The van der Waals surface area contributed by atoms with E-state index in [1.54, 1.807) is 7.11 Å². The van der Waals surface area contributed by atoms with Crippen molar-refractivity contribution < 1.29 is 9.47 Å². The highest BCUT2D eigenvalue weighted by atomic mass is 31.1. The molecule has 0 radical (unpaired) electrons. The maximum Gasteiger partial charge on any atom is 0.188 e. The van der Waals surface area contributed by atoms with E-state index in [2.05, 4.69) is 130 Å². The number of methoxy groups -OCH3 is 1. The first-order valence-corrected chi connectivity index (χ1v) is 14.4. The van der Waals surface area contributed by atoms with E-state index in [1.165, 1.54) is 33.2 Å². The van der Waals surface area contributed by atoms with Gasteiger partial charge < -0.3 is 14.4 Å². The zero-order valence-electron chi connectivity index (χ0n) is 23.3. The summed E-state index contributed by atoms with van der Waals surface area (Å²) in [5.41, 5.74) is 7.66. The lowest BCUT2D eigenvalue weighted by Crippen LogP contribution is -2.29. The van der Waals surface area contributed by atoms with E-state index in [9.17, 15) is 0 Å². The highest BCUT2D eigenvalue weighted by molar-refractivity contribution is 7.49. The van der Waals surface area contributed by atoms with Crippen LogP contribution >= 0.6 is 8.58 Å². The average molecular weight is 526 g/mol. The molecule has 0 spiro atoms. The molecule has 0 fully saturated rings. The molecule has 0 saturated heterocycles.